The molecular formula is C20H22N4O. The van der Waals surface area contributed by atoms with Crippen LogP contribution in [0.3, 0.4) is 0 Å². The van der Waals surface area contributed by atoms with Crippen LogP contribution in [-0.2, 0) is 13.1 Å². The summed E-state index contributed by atoms with van der Waals surface area (Å²) < 4.78 is 1.92. The fourth-order valence-corrected chi connectivity index (χ4v) is 2.84. The largest absolute Gasteiger partial charge is 0.348 e. The molecular weight excluding hydrogens is 312 g/mol. The van der Waals surface area contributed by atoms with Gasteiger partial charge in [0.1, 0.15) is 0 Å². The fraction of sp³-hybridized carbons (Fsp3) is 0.250. The number of carbonyl (C=O) groups is 1. The fourth-order valence-electron chi connectivity index (χ4n) is 2.84. The number of nitrogens with one attached hydrogen (secondary N) is 1. The van der Waals surface area contributed by atoms with Crippen LogP contribution in [0.4, 0.5) is 0 Å². The Morgan fingerprint density at radius 2 is 1.84 bits per heavy atom. The molecule has 128 valence electrons. The predicted molar refractivity (Wildman–Crippen MR) is 97.3 cm³/mol. The molecule has 1 aromatic carbocycles. The maximum atomic E-state index is 12.6. The van der Waals surface area contributed by atoms with E-state index in [1.165, 1.54) is 0 Å². The first-order valence-corrected chi connectivity index (χ1v) is 8.42. The van der Waals surface area contributed by atoms with Crippen molar-refractivity contribution in [2.24, 2.45) is 0 Å². The van der Waals surface area contributed by atoms with Gasteiger partial charge in [-0.05, 0) is 23.1 Å². The van der Waals surface area contributed by atoms with Gasteiger partial charge in [-0.15, -0.1) is 0 Å². The first-order chi connectivity index (χ1) is 12.1. The van der Waals surface area contributed by atoms with Crippen molar-refractivity contribution in [1.29, 1.82) is 0 Å². The molecule has 3 aromatic rings. The highest BCUT2D eigenvalue weighted by Gasteiger charge is 2.20. The van der Waals surface area contributed by atoms with Crippen molar-refractivity contribution < 1.29 is 4.79 Å². The van der Waals surface area contributed by atoms with Gasteiger partial charge in [0.2, 0.25) is 0 Å². The monoisotopic (exact) mass is 334 g/mol. The van der Waals surface area contributed by atoms with E-state index in [2.05, 4.69) is 41.4 Å². The standard InChI is InChI=1S/C20H22N4O/c1-15(2)19-18(20(25)22-12-17-9-6-10-21-11-17)13-23-24(19)14-16-7-4-3-5-8-16/h3-11,13,15H,12,14H2,1-2H3,(H,22,25). The molecule has 25 heavy (non-hydrogen) atoms. The molecule has 0 atom stereocenters. The summed E-state index contributed by atoms with van der Waals surface area (Å²) in [5, 5.41) is 7.41. The molecule has 0 spiro atoms. The van der Waals surface area contributed by atoms with Crippen LogP contribution in [0.2, 0.25) is 0 Å². The maximum absolute atomic E-state index is 12.6. The molecule has 3 rings (SSSR count). The van der Waals surface area contributed by atoms with Gasteiger partial charge in [-0.25, -0.2) is 0 Å². The van der Waals surface area contributed by atoms with Crippen molar-refractivity contribution in [2.45, 2.75) is 32.9 Å². The smallest absolute Gasteiger partial charge is 0.255 e. The molecule has 0 aliphatic rings. The van der Waals surface area contributed by atoms with Crippen molar-refractivity contribution in [3.05, 3.63) is 83.4 Å². The second kappa shape index (κ2) is 7.75. The quantitative estimate of drug-likeness (QED) is 0.752. The predicted octanol–water partition coefficient (Wildman–Crippen LogP) is 3.38. The van der Waals surface area contributed by atoms with Crippen LogP contribution < -0.4 is 5.32 Å². The molecule has 5 nitrogen and oxygen atoms in total. The number of nitrogens with zero attached hydrogens (tertiary/aromatic N) is 3. The van der Waals surface area contributed by atoms with E-state index in [1.807, 2.05) is 35.0 Å². The van der Waals surface area contributed by atoms with Gasteiger partial charge in [0.05, 0.1) is 24.0 Å². The van der Waals surface area contributed by atoms with Crippen LogP contribution >= 0.6 is 0 Å². The van der Waals surface area contributed by atoms with E-state index in [0.717, 1.165) is 16.8 Å². The number of amides is 1. The van der Waals surface area contributed by atoms with Gasteiger partial charge in [-0.2, -0.15) is 5.10 Å². The number of hydrogen-bond donors (Lipinski definition) is 1. The summed E-state index contributed by atoms with van der Waals surface area (Å²) in [7, 11) is 0. The van der Waals surface area contributed by atoms with Crippen LogP contribution in [0.25, 0.3) is 0 Å². The summed E-state index contributed by atoms with van der Waals surface area (Å²) in [6, 6.07) is 13.9. The maximum Gasteiger partial charge on any atom is 0.255 e. The van der Waals surface area contributed by atoms with E-state index < -0.39 is 0 Å². The minimum Gasteiger partial charge on any atom is -0.348 e. The van der Waals surface area contributed by atoms with Gasteiger partial charge in [0.25, 0.3) is 5.91 Å². The van der Waals surface area contributed by atoms with E-state index in [4.69, 9.17) is 0 Å². The minimum absolute atomic E-state index is 0.105. The normalized spacial score (nSPS) is 10.8. The summed E-state index contributed by atoms with van der Waals surface area (Å²) in [4.78, 5) is 16.7. The first-order valence-electron chi connectivity index (χ1n) is 8.42. The van der Waals surface area contributed by atoms with E-state index in [9.17, 15) is 4.79 Å². The van der Waals surface area contributed by atoms with Crippen LogP contribution in [0.1, 0.15) is 46.9 Å². The Bertz CT molecular complexity index is 825. The topological polar surface area (TPSA) is 59.8 Å². The highest BCUT2D eigenvalue weighted by molar-refractivity contribution is 5.95. The zero-order valence-electron chi connectivity index (χ0n) is 14.5. The molecule has 2 heterocycles. The zero-order chi connectivity index (χ0) is 17.6. The van der Waals surface area contributed by atoms with Gasteiger partial charge in [0.15, 0.2) is 0 Å². The SMILES string of the molecule is CC(C)c1c(C(=O)NCc2cccnc2)cnn1Cc1ccccc1. The highest BCUT2D eigenvalue weighted by atomic mass is 16.1. The third kappa shape index (κ3) is 4.12. The number of hydrogen-bond acceptors (Lipinski definition) is 3. The molecule has 1 amide bonds. The second-order valence-corrected chi connectivity index (χ2v) is 6.29. The number of aromatic nitrogens is 3. The average Bonchev–Trinajstić information content (AvgIpc) is 3.05. The Balaban J connectivity index is 1.78. The molecule has 1 N–H and O–H groups in total. The van der Waals surface area contributed by atoms with Gasteiger partial charge in [0, 0.05) is 18.9 Å². The van der Waals surface area contributed by atoms with Crippen LogP contribution in [0.15, 0.2) is 61.1 Å². The van der Waals surface area contributed by atoms with Gasteiger partial charge < -0.3 is 5.32 Å². The summed E-state index contributed by atoms with van der Waals surface area (Å²) in [5.74, 6) is 0.0946. The molecule has 0 radical (unpaired) electrons. The molecule has 0 aliphatic heterocycles. The third-order valence-electron chi connectivity index (χ3n) is 4.02. The summed E-state index contributed by atoms with van der Waals surface area (Å²) in [6.45, 7) is 5.27. The molecule has 0 saturated heterocycles. The first kappa shape index (κ1) is 16.9. The van der Waals surface area contributed by atoms with Crippen molar-refractivity contribution in [1.82, 2.24) is 20.1 Å². The Kier molecular flexibility index (Phi) is 5.23. The zero-order valence-corrected chi connectivity index (χ0v) is 14.5. The molecule has 0 bridgehead atoms. The van der Waals surface area contributed by atoms with Crippen molar-refractivity contribution in [2.75, 3.05) is 0 Å². The van der Waals surface area contributed by atoms with Gasteiger partial charge >= 0.3 is 0 Å². The Hall–Kier alpha value is -2.95. The lowest BCUT2D eigenvalue weighted by Crippen LogP contribution is -2.24. The highest BCUT2D eigenvalue weighted by Crippen LogP contribution is 2.20. The van der Waals surface area contributed by atoms with E-state index in [1.54, 1.807) is 18.6 Å². The van der Waals surface area contributed by atoms with Crippen molar-refractivity contribution >= 4 is 5.91 Å². The Morgan fingerprint density at radius 1 is 1.08 bits per heavy atom. The van der Waals surface area contributed by atoms with Crippen LogP contribution in [0.5, 0.6) is 0 Å². The molecule has 2 aromatic heterocycles. The molecule has 0 saturated carbocycles. The van der Waals surface area contributed by atoms with E-state index in [0.29, 0.717) is 18.7 Å². The van der Waals surface area contributed by atoms with Crippen LogP contribution in [-0.4, -0.2) is 20.7 Å². The van der Waals surface area contributed by atoms with Crippen molar-refractivity contribution in [3.8, 4) is 0 Å². The number of carbonyl (C=O) groups excluding carboxylic acids is 1. The molecule has 0 aliphatic carbocycles. The van der Waals surface area contributed by atoms with E-state index >= 15 is 0 Å². The lowest BCUT2D eigenvalue weighted by molar-refractivity contribution is 0.0949. The lowest BCUT2D eigenvalue weighted by Gasteiger charge is -2.13. The van der Waals surface area contributed by atoms with Gasteiger partial charge in [-0.3, -0.25) is 14.5 Å². The molecule has 0 unspecified atom stereocenters. The number of pyridine rings is 1. The minimum atomic E-state index is -0.105. The summed E-state index contributed by atoms with van der Waals surface area (Å²) in [5.41, 5.74) is 3.72. The third-order valence-corrected chi connectivity index (χ3v) is 4.02. The lowest BCUT2D eigenvalue weighted by atomic mass is 10.0. The van der Waals surface area contributed by atoms with Crippen molar-refractivity contribution in [3.63, 3.8) is 0 Å². The number of benzene rings is 1. The average molecular weight is 334 g/mol. The Labute approximate surface area is 147 Å². The second-order valence-electron chi connectivity index (χ2n) is 6.29. The molecule has 0 fully saturated rings. The Morgan fingerprint density at radius 3 is 2.52 bits per heavy atom. The summed E-state index contributed by atoms with van der Waals surface area (Å²) in [6.07, 6.45) is 5.13. The summed E-state index contributed by atoms with van der Waals surface area (Å²) >= 11 is 0. The van der Waals surface area contributed by atoms with Gasteiger partial charge in [-0.1, -0.05) is 50.2 Å². The number of rotatable bonds is 6. The van der Waals surface area contributed by atoms with Crippen LogP contribution in [0, 0.1) is 0 Å². The van der Waals surface area contributed by atoms with E-state index in [-0.39, 0.29) is 11.8 Å². The molecule has 5 heteroatoms.